The molecule has 0 aliphatic rings. The van der Waals surface area contributed by atoms with E-state index in [2.05, 4.69) is 0 Å². The molecule has 1 aromatic carbocycles. The summed E-state index contributed by atoms with van der Waals surface area (Å²) in [7, 11) is 1.30. The number of benzene rings is 1. The van der Waals surface area contributed by atoms with Gasteiger partial charge in [-0.3, -0.25) is 4.79 Å². The predicted octanol–water partition coefficient (Wildman–Crippen LogP) is 2.11. The van der Waals surface area contributed by atoms with Crippen LogP contribution in [0.2, 0.25) is 0 Å². The van der Waals surface area contributed by atoms with Gasteiger partial charge in [-0.05, 0) is 24.3 Å². The van der Waals surface area contributed by atoms with Gasteiger partial charge in [-0.1, -0.05) is 12.2 Å². The topological polar surface area (TPSA) is 55.6 Å². The summed E-state index contributed by atoms with van der Waals surface area (Å²) in [6.07, 6.45) is -5.33. The van der Waals surface area contributed by atoms with E-state index in [0.29, 0.717) is 11.3 Å². The highest BCUT2D eigenvalue weighted by Gasteiger charge is 2.28. The summed E-state index contributed by atoms with van der Waals surface area (Å²) in [6, 6.07) is 6.43. The molecule has 21 heavy (non-hydrogen) atoms. The quantitative estimate of drug-likeness (QED) is 0.816. The SMILES string of the molecule is CN(CCC(F)(F)F)C(=O)COc1ccc(C(N)=S)cc1. The highest BCUT2D eigenvalue weighted by atomic mass is 32.1. The molecule has 0 radical (unpaired) electrons. The van der Waals surface area contributed by atoms with Crippen molar-refractivity contribution in [3.8, 4) is 5.75 Å². The Kier molecular flexibility index (Phi) is 5.95. The zero-order valence-corrected chi connectivity index (χ0v) is 12.1. The van der Waals surface area contributed by atoms with Gasteiger partial charge in [0.1, 0.15) is 10.7 Å². The Morgan fingerprint density at radius 3 is 2.38 bits per heavy atom. The molecule has 0 bridgehead atoms. The highest BCUT2D eigenvalue weighted by Crippen LogP contribution is 2.19. The first kappa shape index (κ1) is 17.2. The van der Waals surface area contributed by atoms with Crippen LogP contribution in [0.4, 0.5) is 13.2 Å². The van der Waals surface area contributed by atoms with Crippen molar-refractivity contribution >= 4 is 23.1 Å². The minimum Gasteiger partial charge on any atom is -0.484 e. The first-order valence-electron chi connectivity index (χ1n) is 6.02. The number of ether oxygens (including phenoxy) is 1. The summed E-state index contributed by atoms with van der Waals surface area (Å²) >= 11 is 4.79. The molecule has 1 aromatic rings. The van der Waals surface area contributed by atoms with Crippen LogP contribution in [0, 0.1) is 0 Å². The van der Waals surface area contributed by atoms with Crippen molar-refractivity contribution in [3.63, 3.8) is 0 Å². The lowest BCUT2D eigenvalue weighted by Gasteiger charge is -2.18. The van der Waals surface area contributed by atoms with Crippen molar-refractivity contribution in [2.45, 2.75) is 12.6 Å². The Hall–Kier alpha value is -1.83. The standard InChI is InChI=1S/C13H15F3N2O2S/c1-18(7-6-13(14,15)16)11(19)8-20-10-4-2-9(3-5-10)12(17)21/h2-5H,6-8H2,1H3,(H2,17,21). The molecular weight excluding hydrogens is 305 g/mol. The van der Waals surface area contributed by atoms with Gasteiger partial charge in [-0.15, -0.1) is 0 Å². The smallest absolute Gasteiger partial charge is 0.390 e. The fraction of sp³-hybridized carbons (Fsp3) is 0.385. The first-order valence-corrected chi connectivity index (χ1v) is 6.43. The van der Waals surface area contributed by atoms with Gasteiger partial charge in [0.25, 0.3) is 5.91 Å². The van der Waals surface area contributed by atoms with Gasteiger partial charge < -0.3 is 15.4 Å². The molecule has 0 saturated heterocycles. The van der Waals surface area contributed by atoms with Gasteiger partial charge in [0.2, 0.25) is 0 Å². The fourth-order valence-corrected chi connectivity index (χ4v) is 1.53. The summed E-state index contributed by atoms with van der Waals surface area (Å²) < 4.78 is 41.3. The van der Waals surface area contributed by atoms with Crippen molar-refractivity contribution in [2.75, 3.05) is 20.2 Å². The van der Waals surface area contributed by atoms with E-state index in [9.17, 15) is 18.0 Å². The Balaban J connectivity index is 2.43. The van der Waals surface area contributed by atoms with E-state index < -0.39 is 25.0 Å². The summed E-state index contributed by atoms with van der Waals surface area (Å²) in [4.78, 5) is 12.8. The van der Waals surface area contributed by atoms with Gasteiger partial charge in [-0.25, -0.2) is 0 Å². The molecule has 0 saturated carbocycles. The van der Waals surface area contributed by atoms with Crippen molar-refractivity contribution in [3.05, 3.63) is 29.8 Å². The van der Waals surface area contributed by atoms with Crippen LogP contribution >= 0.6 is 12.2 Å². The molecule has 0 aliphatic carbocycles. The van der Waals surface area contributed by atoms with Crippen LogP contribution in [0.25, 0.3) is 0 Å². The zero-order valence-electron chi connectivity index (χ0n) is 11.3. The molecule has 0 unspecified atom stereocenters. The molecule has 1 rings (SSSR count). The number of amides is 1. The van der Waals surface area contributed by atoms with Crippen LogP contribution < -0.4 is 10.5 Å². The van der Waals surface area contributed by atoms with E-state index in [0.717, 1.165) is 4.90 Å². The third-order valence-corrected chi connectivity index (χ3v) is 2.89. The summed E-state index contributed by atoms with van der Waals surface area (Å²) in [6.45, 7) is -0.729. The number of carbonyl (C=O) groups is 1. The average Bonchev–Trinajstić information content (AvgIpc) is 2.41. The van der Waals surface area contributed by atoms with E-state index in [-0.39, 0.29) is 11.6 Å². The lowest BCUT2D eigenvalue weighted by molar-refractivity contribution is -0.145. The normalized spacial score (nSPS) is 11.0. The zero-order chi connectivity index (χ0) is 16.0. The monoisotopic (exact) mass is 320 g/mol. The molecule has 0 heterocycles. The van der Waals surface area contributed by atoms with Crippen LogP contribution in [0.3, 0.4) is 0 Å². The molecule has 0 aliphatic heterocycles. The largest absolute Gasteiger partial charge is 0.484 e. The predicted molar refractivity (Wildman–Crippen MR) is 76.1 cm³/mol. The number of carbonyl (C=O) groups excluding carboxylic acids is 1. The third kappa shape index (κ3) is 6.44. The second-order valence-electron chi connectivity index (χ2n) is 4.36. The Labute approximate surface area is 125 Å². The summed E-state index contributed by atoms with van der Waals surface area (Å²) in [5, 5.41) is 0. The Bertz CT molecular complexity index is 503. The Morgan fingerprint density at radius 1 is 1.33 bits per heavy atom. The Morgan fingerprint density at radius 2 is 1.90 bits per heavy atom. The second kappa shape index (κ2) is 7.26. The van der Waals surface area contributed by atoms with Gasteiger partial charge in [0, 0.05) is 19.2 Å². The minimum atomic E-state index is -4.29. The van der Waals surface area contributed by atoms with Gasteiger partial charge in [-0.2, -0.15) is 13.2 Å². The minimum absolute atomic E-state index is 0.240. The highest BCUT2D eigenvalue weighted by molar-refractivity contribution is 7.80. The fourth-order valence-electron chi connectivity index (χ4n) is 1.39. The number of nitrogens with zero attached hydrogens (tertiary/aromatic N) is 1. The number of rotatable bonds is 6. The van der Waals surface area contributed by atoms with Crippen LogP contribution in [0.1, 0.15) is 12.0 Å². The van der Waals surface area contributed by atoms with Gasteiger partial charge in [0.15, 0.2) is 6.61 Å². The molecule has 8 heteroatoms. The summed E-state index contributed by atoms with van der Waals surface area (Å²) in [5.74, 6) is -0.120. The number of hydrogen-bond acceptors (Lipinski definition) is 3. The van der Waals surface area contributed by atoms with E-state index in [1.54, 1.807) is 24.3 Å². The van der Waals surface area contributed by atoms with Crippen LogP contribution in [0.5, 0.6) is 5.75 Å². The molecular formula is C13H15F3N2O2S. The molecule has 0 aromatic heterocycles. The van der Waals surface area contributed by atoms with Crippen molar-refractivity contribution < 1.29 is 22.7 Å². The maximum Gasteiger partial charge on any atom is 0.390 e. The number of halogens is 3. The molecule has 2 N–H and O–H groups in total. The van der Waals surface area contributed by atoms with Crippen molar-refractivity contribution in [1.82, 2.24) is 4.90 Å². The van der Waals surface area contributed by atoms with Crippen molar-refractivity contribution in [1.29, 1.82) is 0 Å². The van der Waals surface area contributed by atoms with Gasteiger partial charge >= 0.3 is 6.18 Å². The average molecular weight is 320 g/mol. The van der Waals surface area contributed by atoms with Crippen LogP contribution in [-0.2, 0) is 4.79 Å². The van der Waals surface area contributed by atoms with Crippen LogP contribution in [0.15, 0.2) is 24.3 Å². The molecule has 0 fully saturated rings. The maximum atomic E-state index is 12.0. The van der Waals surface area contributed by atoms with Gasteiger partial charge in [0.05, 0.1) is 6.42 Å². The molecule has 4 nitrogen and oxygen atoms in total. The van der Waals surface area contributed by atoms with Crippen molar-refractivity contribution in [2.24, 2.45) is 5.73 Å². The van der Waals surface area contributed by atoms with E-state index in [1.165, 1.54) is 7.05 Å². The van der Waals surface area contributed by atoms with E-state index in [1.807, 2.05) is 0 Å². The molecule has 0 atom stereocenters. The molecule has 0 spiro atoms. The number of alkyl halides is 3. The maximum absolute atomic E-state index is 12.0. The first-order chi connectivity index (χ1) is 9.69. The lowest BCUT2D eigenvalue weighted by atomic mass is 10.2. The number of nitrogens with two attached hydrogens (primary N) is 1. The van der Waals surface area contributed by atoms with E-state index in [4.69, 9.17) is 22.7 Å². The third-order valence-electron chi connectivity index (χ3n) is 2.66. The number of hydrogen-bond donors (Lipinski definition) is 1. The van der Waals surface area contributed by atoms with E-state index >= 15 is 0 Å². The number of likely N-dealkylation sites (N-methyl/N-ethyl adjacent to an activating group) is 1. The lowest BCUT2D eigenvalue weighted by Crippen LogP contribution is -2.34. The second-order valence-corrected chi connectivity index (χ2v) is 4.80. The summed E-state index contributed by atoms with van der Waals surface area (Å²) in [5.41, 5.74) is 6.09. The van der Waals surface area contributed by atoms with Crippen LogP contribution in [-0.4, -0.2) is 42.2 Å². The number of thiocarbonyl (C=S) groups is 1. The molecule has 1 amide bonds. The molecule has 116 valence electrons.